The second-order valence-electron chi connectivity index (χ2n) is 13.8. The number of fused-ring (bicyclic) bond motifs is 2. The Labute approximate surface area is 307 Å². The molecule has 0 spiro atoms. The molecule has 53 heavy (non-hydrogen) atoms. The first kappa shape index (κ1) is 38.5. The minimum absolute atomic E-state index is 0.0472. The second kappa shape index (κ2) is 17.2. The van der Waals surface area contributed by atoms with Crippen LogP contribution in [0.15, 0.2) is 36.7 Å². The third-order valence-electron chi connectivity index (χ3n) is 9.07. The third-order valence-corrected chi connectivity index (χ3v) is 9.07. The van der Waals surface area contributed by atoms with E-state index in [-0.39, 0.29) is 50.3 Å². The number of nitrogens with one attached hydrogen (secondary N) is 4. The van der Waals surface area contributed by atoms with E-state index in [4.69, 9.17) is 4.98 Å². The molecule has 0 aliphatic carbocycles. The standard InChI is InChI=1S/C36H48N12O5/c1-21(2)17-28-35(53)41-23(4)33-44-32(26-11-8-7-9-12-26)45-47(33)19-29(49)37-15-10-16-46(18-30(50)40-24(5)34(52)43-28)31(51)14-13-27-22(3)42-36-38-20-39-48(36)25(27)6/h7-9,11-12,20-21,23-24,28H,10,13-19H2,1-6H3,(H,37,49)(H,40,50)(H,41,53)(H,43,52)/t23-,24+,28+/m0/s1. The lowest BCUT2D eigenvalue weighted by molar-refractivity contribution is -0.137. The Bertz CT molecular complexity index is 1960. The Morgan fingerprint density at radius 1 is 0.925 bits per heavy atom. The maximum atomic E-state index is 13.7. The molecule has 4 N–H and O–H groups in total. The lowest BCUT2D eigenvalue weighted by Gasteiger charge is -2.25. The van der Waals surface area contributed by atoms with Gasteiger partial charge >= 0.3 is 0 Å². The van der Waals surface area contributed by atoms with Crippen molar-refractivity contribution in [2.45, 2.75) is 91.9 Å². The van der Waals surface area contributed by atoms with Gasteiger partial charge < -0.3 is 26.2 Å². The molecular formula is C36H48N12O5. The molecule has 17 nitrogen and oxygen atoms in total. The normalized spacial score (nSPS) is 19.8. The first-order valence-corrected chi connectivity index (χ1v) is 17.9. The largest absolute Gasteiger partial charge is 0.354 e. The zero-order valence-corrected chi connectivity index (χ0v) is 31.0. The van der Waals surface area contributed by atoms with Crippen LogP contribution in [0.25, 0.3) is 17.2 Å². The number of aryl methyl sites for hydroxylation is 2. The van der Waals surface area contributed by atoms with Crippen molar-refractivity contribution < 1.29 is 24.0 Å². The number of rotatable bonds is 6. The van der Waals surface area contributed by atoms with Crippen molar-refractivity contribution >= 4 is 35.3 Å². The molecule has 17 heteroatoms. The van der Waals surface area contributed by atoms with Crippen molar-refractivity contribution in [2.75, 3.05) is 19.6 Å². The summed E-state index contributed by atoms with van der Waals surface area (Å²) < 4.78 is 3.08. The highest BCUT2D eigenvalue weighted by molar-refractivity contribution is 5.93. The summed E-state index contributed by atoms with van der Waals surface area (Å²) in [5.41, 5.74) is 3.15. The minimum Gasteiger partial charge on any atom is -0.354 e. The van der Waals surface area contributed by atoms with E-state index in [1.54, 1.807) is 11.4 Å². The highest BCUT2D eigenvalue weighted by Crippen LogP contribution is 2.20. The highest BCUT2D eigenvalue weighted by Gasteiger charge is 2.29. The van der Waals surface area contributed by atoms with Crippen molar-refractivity contribution in [2.24, 2.45) is 5.92 Å². The van der Waals surface area contributed by atoms with Gasteiger partial charge in [0.1, 0.15) is 30.8 Å². The van der Waals surface area contributed by atoms with Crippen LogP contribution in [0.4, 0.5) is 0 Å². The van der Waals surface area contributed by atoms with Crippen LogP contribution in [0.2, 0.25) is 0 Å². The Balaban J connectivity index is 1.37. The first-order chi connectivity index (χ1) is 25.3. The van der Waals surface area contributed by atoms with Crippen LogP contribution >= 0.6 is 0 Å². The molecule has 3 aromatic heterocycles. The number of carbonyl (C=O) groups excluding carboxylic acids is 5. The first-order valence-electron chi connectivity index (χ1n) is 17.9. The Hall–Kier alpha value is -5.74. The van der Waals surface area contributed by atoms with Gasteiger partial charge in [-0.15, -0.1) is 0 Å². The van der Waals surface area contributed by atoms with Gasteiger partial charge in [-0.1, -0.05) is 44.2 Å². The minimum atomic E-state index is -0.997. The second-order valence-corrected chi connectivity index (χ2v) is 13.8. The van der Waals surface area contributed by atoms with Crippen LogP contribution in [-0.2, 0) is 36.9 Å². The summed E-state index contributed by atoms with van der Waals surface area (Å²) in [4.78, 5) is 81.9. The fraction of sp³-hybridized carbons (Fsp3) is 0.500. The summed E-state index contributed by atoms with van der Waals surface area (Å²) in [6.07, 6.45) is 2.55. The van der Waals surface area contributed by atoms with E-state index in [2.05, 4.69) is 41.4 Å². The fourth-order valence-corrected chi connectivity index (χ4v) is 6.29. The van der Waals surface area contributed by atoms with Gasteiger partial charge in [0.25, 0.3) is 5.78 Å². The van der Waals surface area contributed by atoms with Gasteiger partial charge in [0, 0.05) is 36.5 Å². The molecule has 0 radical (unpaired) electrons. The molecule has 4 heterocycles. The zero-order valence-electron chi connectivity index (χ0n) is 31.0. The van der Waals surface area contributed by atoms with Gasteiger partial charge in [-0.05, 0) is 58.4 Å². The van der Waals surface area contributed by atoms with E-state index in [1.165, 1.54) is 22.8 Å². The van der Waals surface area contributed by atoms with E-state index < -0.39 is 35.8 Å². The summed E-state index contributed by atoms with van der Waals surface area (Å²) in [6.45, 7) is 10.8. The number of amides is 5. The van der Waals surface area contributed by atoms with Crippen molar-refractivity contribution in [3.05, 3.63) is 59.4 Å². The van der Waals surface area contributed by atoms with Crippen LogP contribution in [0, 0.1) is 19.8 Å². The quantitative estimate of drug-likeness (QED) is 0.223. The topological polar surface area (TPSA) is 210 Å². The summed E-state index contributed by atoms with van der Waals surface area (Å²) in [6, 6.07) is 6.71. The molecule has 0 fully saturated rings. The van der Waals surface area contributed by atoms with E-state index in [0.29, 0.717) is 36.7 Å². The Morgan fingerprint density at radius 2 is 1.68 bits per heavy atom. The molecule has 282 valence electrons. The van der Waals surface area contributed by atoms with Crippen molar-refractivity contribution in [1.29, 1.82) is 0 Å². The van der Waals surface area contributed by atoms with Crippen LogP contribution in [0.5, 0.6) is 0 Å². The van der Waals surface area contributed by atoms with Crippen LogP contribution in [-0.4, -0.2) is 101 Å². The van der Waals surface area contributed by atoms with E-state index in [9.17, 15) is 24.0 Å². The lowest BCUT2D eigenvalue weighted by Crippen LogP contribution is -2.54. The van der Waals surface area contributed by atoms with Gasteiger partial charge in [-0.3, -0.25) is 24.0 Å². The molecule has 4 aromatic rings. The number of aromatic nitrogens is 7. The molecule has 3 atom stereocenters. The molecule has 5 rings (SSSR count). The van der Waals surface area contributed by atoms with Crippen LogP contribution in [0.3, 0.4) is 0 Å². The zero-order chi connectivity index (χ0) is 38.2. The van der Waals surface area contributed by atoms with Crippen molar-refractivity contribution in [3.8, 4) is 11.4 Å². The molecule has 1 aromatic carbocycles. The molecule has 0 unspecified atom stereocenters. The molecule has 0 saturated heterocycles. The van der Waals surface area contributed by atoms with Gasteiger partial charge in [-0.2, -0.15) is 15.2 Å². The number of hydrogen-bond acceptors (Lipinski definition) is 10. The Kier molecular flexibility index (Phi) is 12.5. The van der Waals surface area contributed by atoms with E-state index in [1.807, 2.05) is 58.0 Å². The smallest absolute Gasteiger partial charge is 0.252 e. The average Bonchev–Trinajstić information content (AvgIpc) is 3.76. The summed E-state index contributed by atoms with van der Waals surface area (Å²) in [5.74, 6) is -0.885. The maximum Gasteiger partial charge on any atom is 0.252 e. The molecule has 1 aliphatic rings. The van der Waals surface area contributed by atoms with Crippen molar-refractivity contribution in [1.82, 2.24) is 60.5 Å². The van der Waals surface area contributed by atoms with E-state index >= 15 is 0 Å². The SMILES string of the molecule is Cc1nc2ncnn2c(C)c1CCC(=O)N1CCCNC(=O)Cn2nc(-c3ccccc3)nc2[C@H](C)NC(=O)[C@@H](CC(C)C)NC(=O)[C@@H](C)NC(=O)C1. The van der Waals surface area contributed by atoms with Gasteiger partial charge in [-0.25, -0.2) is 19.2 Å². The fourth-order valence-electron chi connectivity index (χ4n) is 6.29. The predicted octanol–water partition coefficient (Wildman–Crippen LogP) is 1.19. The van der Waals surface area contributed by atoms with Crippen LogP contribution < -0.4 is 21.3 Å². The van der Waals surface area contributed by atoms with E-state index in [0.717, 1.165) is 22.5 Å². The van der Waals surface area contributed by atoms with Gasteiger partial charge in [0.05, 0.1) is 12.6 Å². The summed E-state index contributed by atoms with van der Waals surface area (Å²) in [7, 11) is 0. The number of benzene rings is 1. The summed E-state index contributed by atoms with van der Waals surface area (Å²) in [5, 5.41) is 20.1. The van der Waals surface area contributed by atoms with Gasteiger partial charge in [0.2, 0.25) is 29.5 Å². The predicted molar refractivity (Wildman–Crippen MR) is 194 cm³/mol. The molecule has 1 aliphatic heterocycles. The highest BCUT2D eigenvalue weighted by atomic mass is 16.2. The summed E-state index contributed by atoms with van der Waals surface area (Å²) >= 11 is 0. The number of nitrogens with zero attached hydrogens (tertiary/aromatic N) is 8. The molecule has 0 saturated carbocycles. The Morgan fingerprint density at radius 3 is 2.42 bits per heavy atom. The number of carbonyl (C=O) groups is 5. The molecule has 5 amide bonds. The number of hydrogen-bond donors (Lipinski definition) is 4. The monoisotopic (exact) mass is 728 g/mol. The van der Waals surface area contributed by atoms with Crippen molar-refractivity contribution in [3.63, 3.8) is 0 Å². The maximum absolute atomic E-state index is 13.7. The molecular weight excluding hydrogens is 680 g/mol. The lowest BCUT2D eigenvalue weighted by atomic mass is 10.0. The third kappa shape index (κ3) is 9.78. The van der Waals surface area contributed by atoms with Gasteiger partial charge in [0.15, 0.2) is 5.82 Å². The molecule has 0 bridgehead atoms. The average molecular weight is 729 g/mol. The van der Waals surface area contributed by atoms with Crippen LogP contribution in [0.1, 0.15) is 75.8 Å².